The fourth-order valence-corrected chi connectivity index (χ4v) is 5.48. The number of rotatable bonds is 10. The summed E-state index contributed by atoms with van der Waals surface area (Å²) >= 11 is 6.52. The van der Waals surface area contributed by atoms with Crippen molar-refractivity contribution in [2.24, 2.45) is 11.8 Å². The first kappa shape index (κ1) is 26.3. The number of pyridine rings is 2. The lowest BCUT2D eigenvalue weighted by Gasteiger charge is -2.31. The maximum atomic E-state index is 14.4. The molecule has 1 aliphatic carbocycles. The van der Waals surface area contributed by atoms with E-state index in [1.807, 2.05) is 12.1 Å². The Kier molecular flexibility index (Phi) is 9.72. The summed E-state index contributed by atoms with van der Waals surface area (Å²) in [6, 6.07) is 4.79. The minimum absolute atomic E-state index is 0.377. The van der Waals surface area contributed by atoms with Gasteiger partial charge in [0.25, 0.3) is 0 Å². The molecule has 1 aliphatic heterocycles. The number of methoxy groups -OCH3 is 1. The SMILES string of the molecule is COC[C@@H](C)NC1CCC(Cc2cc(-c3cnc(F)c(NCC4CCOCC4)c3)c(Cl)cn2)CC1. The quantitative estimate of drug-likeness (QED) is 0.416. The molecule has 0 unspecified atom stereocenters. The first-order valence-electron chi connectivity index (χ1n) is 12.9. The highest BCUT2D eigenvalue weighted by Crippen LogP contribution is 2.32. The topological polar surface area (TPSA) is 68.3 Å². The molecule has 4 rings (SSSR count). The van der Waals surface area contributed by atoms with Crippen molar-refractivity contribution < 1.29 is 13.9 Å². The first-order chi connectivity index (χ1) is 17.0. The van der Waals surface area contributed by atoms with E-state index in [1.165, 1.54) is 25.7 Å². The number of nitrogens with zero attached hydrogens (tertiary/aromatic N) is 2. The molecule has 192 valence electrons. The van der Waals surface area contributed by atoms with Gasteiger partial charge in [0.05, 0.1) is 17.3 Å². The van der Waals surface area contributed by atoms with Crippen molar-refractivity contribution in [3.63, 3.8) is 0 Å². The highest BCUT2D eigenvalue weighted by Gasteiger charge is 2.23. The third-order valence-electron chi connectivity index (χ3n) is 7.27. The van der Waals surface area contributed by atoms with Gasteiger partial charge >= 0.3 is 0 Å². The molecule has 2 aliphatic rings. The zero-order valence-corrected chi connectivity index (χ0v) is 21.6. The van der Waals surface area contributed by atoms with Crippen LogP contribution in [0.2, 0.25) is 5.02 Å². The zero-order valence-electron chi connectivity index (χ0n) is 20.9. The van der Waals surface area contributed by atoms with Crippen LogP contribution in [0.3, 0.4) is 0 Å². The lowest BCUT2D eigenvalue weighted by atomic mass is 9.83. The number of anilines is 1. The number of hydrogen-bond acceptors (Lipinski definition) is 6. The summed E-state index contributed by atoms with van der Waals surface area (Å²) in [4.78, 5) is 8.60. The van der Waals surface area contributed by atoms with Crippen LogP contribution in [0.4, 0.5) is 10.1 Å². The molecule has 0 radical (unpaired) electrons. The summed E-state index contributed by atoms with van der Waals surface area (Å²) in [5.74, 6) is 0.600. The molecule has 1 saturated carbocycles. The summed E-state index contributed by atoms with van der Waals surface area (Å²) in [5.41, 5.74) is 3.09. The highest BCUT2D eigenvalue weighted by molar-refractivity contribution is 6.33. The van der Waals surface area contributed by atoms with Gasteiger partial charge in [0.2, 0.25) is 5.95 Å². The second-order valence-electron chi connectivity index (χ2n) is 10.1. The van der Waals surface area contributed by atoms with Gasteiger partial charge in [-0.25, -0.2) is 4.98 Å². The van der Waals surface area contributed by atoms with Crippen LogP contribution in [-0.4, -0.2) is 55.5 Å². The molecular formula is C27H38ClFN4O2. The second kappa shape index (κ2) is 12.9. The van der Waals surface area contributed by atoms with Gasteiger partial charge in [-0.15, -0.1) is 0 Å². The molecule has 2 N–H and O–H groups in total. The van der Waals surface area contributed by atoms with Crippen LogP contribution in [-0.2, 0) is 15.9 Å². The molecule has 0 amide bonds. The summed E-state index contributed by atoms with van der Waals surface area (Å²) in [7, 11) is 1.75. The molecule has 2 fully saturated rings. The van der Waals surface area contributed by atoms with Crippen molar-refractivity contribution in [1.29, 1.82) is 0 Å². The molecule has 2 aromatic heterocycles. The van der Waals surface area contributed by atoms with Gasteiger partial charge in [-0.1, -0.05) is 11.6 Å². The summed E-state index contributed by atoms with van der Waals surface area (Å²) in [6.07, 6.45) is 10.9. The Labute approximate surface area is 213 Å². The molecule has 6 nitrogen and oxygen atoms in total. The number of hydrogen-bond donors (Lipinski definition) is 2. The molecule has 0 spiro atoms. The molecular weight excluding hydrogens is 467 g/mol. The Morgan fingerprint density at radius 1 is 1.09 bits per heavy atom. The van der Waals surface area contributed by atoms with Crippen molar-refractivity contribution in [2.75, 3.05) is 38.8 Å². The molecule has 35 heavy (non-hydrogen) atoms. The molecule has 2 aromatic rings. The van der Waals surface area contributed by atoms with Crippen LogP contribution < -0.4 is 10.6 Å². The van der Waals surface area contributed by atoms with E-state index >= 15 is 0 Å². The van der Waals surface area contributed by atoms with Gasteiger partial charge in [0.1, 0.15) is 0 Å². The standard InChI is InChI=1S/C27H38ClFN4O2/c1-18(17-34-2)33-22-5-3-19(4-6-22)11-23-13-24(25(28)16-30-23)21-12-26(27(29)32-15-21)31-14-20-7-9-35-10-8-20/h12-13,15-16,18-20,22,31,33H,3-11,14,17H2,1-2H3/t18-,19?,22?/m1/s1. The molecule has 3 heterocycles. The van der Waals surface area contributed by atoms with Crippen LogP contribution in [0.5, 0.6) is 0 Å². The van der Waals surface area contributed by atoms with E-state index in [0.29, 0.717) is 41.2 Å². The number of aromatic nitrogens is 2. The second-order valence-corrected chi connectivity index (χ2v) is 10.5. The zero-order chi connectivity index (χ0) is 24.6. The van der Waals surface area contributed by atoms with Crippen molar-refractivity contribution >= 4 is 17.3 Å². The van der Waals surface area contributed by atoms with Crippen molar-refractivity contribution in [3.05, 3.63) is 41.2 Å². The average molecular weight is 505 g/mol. The lowest BCUT2D eigenvalue weighted by Crippen LogP contribution is -2.41. The normalized spacial score (nSPS) is 22.2. The maximum Gasteiger partial charge on any atom is 0.236 e. The van der Waals surface area contributed by atoms with Gasteiger partial charge < -0.3 is 20.1 Å². The van der Waals surface area contributed by atoms with E-state index in [0.717, 1.165) is 55.9 Å². The lowest BCUT2D eigenvalue weighted by molar-refractivity contribution is 0.0699. The summed E-state index contributed by atoms with van der Waals surface area (Å²) < 4.78 is 25.1. The van der Waals surface area contributed by atoms with Crippen molar-refractivity contribution in [1.82, 2.24) is 15.3 Å². The van der Waals surface area contributed by atoms with E-state index in [1.54, 1.807) is 19.5 Å². The minimum Gasteiger partial charge on any atom is -0.383 e. The average Bonchev–Trinajstić information content (AvgIpc) is 2.87. The van der Waals surface area contributed by atoms with Crippen LogP contribution in [0, 0.1) is 17.8 Å². The predicted molar refractivity (Wildman–Crippen MR) is 138 cm³/mol. The first-order valence-corrected chi connectivity index (χ1v) is 13.3. The van der Waals surface area contributed by atoms with E-state index in [4.69, 9.17) is 21.1 Å². The van der Waals surface area contributed by atoms with E-state index in [2.05, 4.69) is 27.5 Å². The van der Waals surface area contributed by atoms with E-state index in [9.17, 15) is 4.39 Å². The Bertz CT molecular complexity index is 949. The van der Waals surface area contributed by atoms with Crippen LogP contribution in [0.1, 0.15) is 51.1 Å². The van der Waals surface area contributed by atoms with Crippen molar-refractivity contribution in [2.45, 2.75) is 64.0 Å². The summed E-state index contributed by atoms with van der Waals surface area (Å²) in [5, 5.41) is 7.48. The van der Waals surface area contributed by atoms with Crippen LogP contribution in [0.25, 0.3) is 11.1 Å². The van der Waals surface area contributed by atoms with Crippen LogP contribution >= 0.6 is 11.6 Å². The predicted octanol–water partition coefficient (Wildman–Crippen LogP) is 5.50. The number of ether oxygens (including phenoxy) is 2. The fourth-order valence-electron chi connectivity index (χ4n) is 5.27. The molecule has 0 bridgehead atoms. The van der Waals surface area contributed by atoms with Gasteiger partial charge in [0, 0.05) is 68.2 Å². The highest BCUT2D eigenvalue weighted by atomic mass is 35.5. The van der Waals surface area contributed by atoms with Gasteiger partial charge in [-0.05, 0) is 75.8 Å². The molecule has 8 heteroatoms. The fraction of sp³-hybridized carbons (Fsp3) is 0.630. The van der Waals surface area contributed by atoms with Crippen molar-refractivity contribution in [3.8, 4) is 11.1 Å². The monoisotopic (exact) mass is 504 g/mol. The third-order valence-corrected chi connectivity index (χ3v) is 7.57. The Morgan fingerprint density at radius 2 is 1.86 bits per heavy atom. The third kappa shape index (κ3) is 7.59. The smallest absolute Gasteiger partial charge is 0.236 e. The molecule has 1 saturated heterocycles. The Balaban J connectivity index is 1.37. The number of nitrogens with one attached hydrogen (secondary N) is 2. The van der Waals surface area contributed by atoms with Crippen LogP contribution in [0.15, 0.2) is 24.5 Å². The van der Waals surface area contributed by atoms with E-state index in [-0.39, 0.29) is 0 Å². The summed E-state index contributed by atoms with van der Waals surface area (Å²) in [6.45, 7) is 5.16. The maximum absolute atomic E-state index is 14.4. The minimum atomic E-state index is -0.489. The van der Waals surface area contributed by atoms with Gasteiger partial charge in [-0.2, -0.15) is 4.39 Å². The van der Waals surface area contributed by atoms with E-state index < -0.39 is 5.95 Å². The molecule has 1 atom stereocenters. The number of halogens is 2. The van der Waals surface area contributed by atoms with Gasteiger partial charge in [0.15, 0.2) is 0 Å². The Morgan fingerprint density at radius 3 is 2.60 bits per heavy atom. The Hall–Kier alpha value is -1.80. The van der Waals surface area contributed by atoms with Gasteiger partial charge in [-0.3, -0.25) is 4.98 Å². The largest absolute Gasteiger partial charge is 0.383 e. The molecule has 0 aromatic carbocycles.